The molecule has 0 amide bonds. The number of benzene rings is 2. The van der Waals surface area contributed by atoms with E-state index in [0.717, 1.165) is 59.1 Å². The summed E-state index contributed by atoms with van der Waals surface area (Å²) in [7, 11) is 1.69. The normalized spacial score (nSPS) is 21.3. The molecule has 7 heteroatoms. The third-order valence-corrected chi connectivity index (χ3v) is 6.36. The standard InChI is InChI=1S/C25H25ClN4O2/c1-17-15-29(16-27-17)22-11-6-18(14-23(22)31-3)13-19-5-4-12-30-24(19)28-32-25(30,2)20-7-9-21(26)10-8-20/h6-11,13-16H,4-5,12H2,1-3H3. The molecule has 0 N–H and O–H groups in total. The molecule has 0 spiro atoms. The Morgan fingerprint density at radius 2 is 2.00 bits per heavy atom. The molecule has 2 aromatic carbocycles. The van der Waals surface area contributed by atoms with Crippen LogP contribution in [0.15, 0.2) is 65.7 Å². The van der Waals surface area contributed by atoms with Crippen molar-refractivity contribution in [1.29, 1.82) is 0 Å². The number of aromatic nitrogens is 2. The summed E-state index contributed by atoms with van der Waals surface area (Å²) in [6, 6.07) is 14.0. The zero-order valence-corrected chi connectivity index (χ0v) is 19.1. The Morgan fingerprint density at radius 3 is 2.72 bits per heavy atom. The molecule has 164 valence electrons. The molecule has 5 rings (SSSR count). The van der Waals surface area contributed by atoms with Gasteiger partial charge in [-0.25, -0.2) is 4.98 Å². The first kappa shape index (κ1) is 20.6. The van der Waals surface area contributed by atoms with Gasteiger partial charge in [0.1, 0.15) is 5.75 Å². The lowest BCUT2D eigenvalue weighted by molar-refractivity contribution is -0.0912. The predicted octanol–water partition coefficient (Wildman–Crippen LogP) is 5.54. The maximum Gasteiger partial charge on any atom is 0.234 e. The summed E-state index contributed by atoms with van der Waals surface area (Å²) in [5.41, 5.74) is 4.52. The van der Waals surface area contributed by atoms with Crippen LogP contribution in [-0.4, -0.2) is 33.9 Å². The van der Waals surface area contributed by atoms with E-state index in [1.165, 1.54) is 0 Å². The minimum atomic E-state index is -0.639. The summed E-state index contributed by atoms with van der Waals surface area (Å²) in [5.74, 6) is 1.68. The highest BCUT2D eigenvalue weighted by atomic mass is 35.5. The lowest BCUT2D eigenvalue weighted by atomic mass is 9.95. The average Bonchev–Trinajstić information content (AvgIpc) is 3.39. The molecule has 2 aliphatic rings. The van der Waals surface area contributed by atoms with Gasteiger partial charge in [0.05, 0.1) is 24.8 Å². The molecule has 3 aromatic rings. The van der Waals surface area contributed by atoms with Crippen molar-refractivity contribution in [1.82, 2.24) is 14.5 Å². The Labute approximate surface area is 192 Å². The maximum atomic E-state index is 6.08. The van der Waals surface area contributed by atoms with Crippen LogP contribution in [-0.2, 0) is 10.6 Å². The van der Waals surface area contributed by atoms with Gasteiger partial charge in [0.2, 0.25) is 5.72 Å². The number of oxime groups is 1. The van der Waals surface area contributed by atoms with Gasteiger partial charge in [-0.2, -0.15) is 0 Å². The number of piperidine rings is 1. The Kier molecular flexibility index (Phi) is 5.18. The van der Waals surface area contributed by atoms with Gasteiger partial charge < -0.3 is 19.0 Å². The van der Waals surface area contributed by atoms with Crippen molar-refractivity contribution < 1.29 is 9.57 Å². The van der Waals surface area contributed by atoms with E-state index in [9.17, 15) is 0 Å². The number of hydrogen-bond donors (Lipinski definition) is 0. The quantitative estimate of drug-likeness (QED) is 0.526. The Balaban J connectivity index is 1.45. The van der Waals surface area contributed by atoms with Crippen LogP contribution in [0.2, 0.25) is 5.02 Å². The highest BCUT2D eigenvalue weighted by Crippen LogP contribution is 2.40. The number of ether oxygens (including phenoxy) is 1. The molecule has 0 radical (unpaired) electrons. The number of fused-ring (bicyclic) bond motifs is 1. The molecule has 2 aliphatic heterocycles. The molecular formula is C25H25ClN4O2. The van der Waals surface area contributed by atoms with E-state index in [1.54, 1.807) is 13.4 Å². The van der Waals surface area contributed by atoms with Crippen molar-refractivity contribution in [2.75, 3.05) is 13.7 Å². The maximum absolute atomic E-state index is 6.08. The minimum absolute atomic E-state index is 0.639. The van der Waals surface area contributed by atoms with Crippen molar-refractivity contribution in [3.8, 4) is 11.4 Å². The zero-order valence-electron chi connectivity index (χ0n) is 18.4. The van der Waals surface area contributed by atoms with Crippen LogP contribution in [0.1, 0.15) is 36.6 Å². The zero-order chi connectivity index (χ0) is 22.3. The predicted molar refractivity (Wildman–Crippen MR) is 126 cm³/mol. The van der Waals surface area contributed by atoms with Crippen LogP contribution in [0.25, 0.3) is 11.8 Å². The van der Waals surface area contributed by atoms with Gasteiger partial charge in [0, 0.05) is 30.3 Å². The summed E-state index contributed by atoms with van der Waals surface area (Å²) >= 11 is 6.08. The van der Waals surface area contributed by atoms with Crippen molar-refractivity contribution in [2.45, 2.75) is 32.4 Å². The molecule has 0 saturated carbocycles. The van der Waals surface area contributed by atoms with E-state index >= 15 is 0 Å². The molecule has 0 bridgehead atoms. The van der Waals surface area contributed by atoms with Crippen LogP contribution in [0.3, 0.4) is 0 Å². The third-order valence-electron chi connectivity index (χ3n) is 6.11. The first-order valence-corrected chi connectivity index (χ1v) is 11.1. The highest BCUT2D eigenvalue weighted by molar-refractivity contribution is 6.30. The second-order valence-electron chi connectivity index (χ2n) is 8.27. The Morgan fingerprint density at radius 1 is 1.19 bits per heavy atom. The molecule has 1 saturated heterocycles. The Bertz CT molecular complexity index is 1210. The van der Waals surface area contributed by atoms with E-state index in [-0.39, 0.29) is 0 Å². The number of halogens is 1. The van der Waals surface area contributed by atoms with Gasteiger partial charge in [0.15, 0.2) is 5.84 Å². The van der Waals surface area contributed by atoms with E-state index in [1.807, 2.05) is 48.0 Å². The fraction of sp³-hybridized carbons (Fsp3) is 0.280. The van der Waals surface area contributed by atoms with Gasteiger partial charge in [-0.1, -0.05) is 35.0 Å². The first-order chi connectivity index (χ1) is 15.5. The van der Waals surface area contributed by atoms with Gasteiger partial charge in [0.25, 0.3) is 0 Å². The molecule has 1 atom stereocenters. The lowest BCUT2D eigenvalue weighted by Crippen LogP contribution is -2.46. The van der Waals surface area contributed by atoms with E-state index in [4.69, 9.17) is 21.2 Å². The lowest BCUT2D eigenvalue weighted by Gasteiger charge is -2.37. The van der Waals surface area contributed by atoms with Crippen molar-refractivity contribution >= 4 is 23.5 Å². The van der Waals surface area contributed by atoms with Gasteiger partial charge in [-0.05, 0) is 61.2 Å². The second-order valence-corrected chi connectivity index (χ2v) is 8.71. The number of aryl methyl sites for hydroxylation is 1. The van der Waals surface area contributed by atoms with Crippen LogP contribution >= 0.6 is 11.6 Å². The van der Waals surface area contributed by atoms with E-state index in [0.29, 0.717) is 5.02 Å². The second kappa shape index (κ2) is 8.02. The third kappa shape index (κ3) is 3.54. The highest BCUT2D eigenvalue weighted by Gasteiger charge is 2.45. The summed E-state index contributed by atoms with van der Waals surface area (Å²) in [6.07, 6.45) is 7.93. The number of amidine groups is 1. The van der Waals surface area contributed by atoms with Crippen LogP contribution in [0, 0.1) is 6.92 Å². The number of methoxy groups -OCH3 is 1. The minimum Gasteiger partial charge on any atom is -0.495 e. The molecule has 32 heavy (non-hydrogen) atoms. The van der Waals surface area contributed by atoms with Crippen molar-refractivity contribution in [2.24, 2.45) is 5.16 Å². The molecular weight excluding hydrogens is 424 g/mol. The summed E-state index contributed by atoms with van der Waals surface area (Å²) in [6.45, 7) is 4.91. The molecule has 1 unspecified atom stereocenters. The van der Waals surface area contributed by atoms with Gasteiger partial charge in [-0.15, -0.1) is 0 Å². The van der Waals surface area contributed by atoms with Crippen LogP contribution in [0.5, 0.6) is 5.75 Å². The van der Waals surface area contributed by atoms with Crippen molar-refractivity contribution in [3.63, 3.8) is 0 Å². The topological polar surface area (TPSA) is 51.9 Å². The number of imidazole rings is 1. The largest absolute Gasteiger partial charge is 0.495 e. The average molecular weight is 449 g/mol. The summed E-state index contributed by atoms with van der Waals surface area (Å²) in [5, 5.41) is 5.20. The summed E-state index contributed by atoms with van der Waals surface area (Å²) in [4.78, 5) is 12.6. The van der Waals surface area contributed by atoms with Gasteiger partial charge >= 0.3 is 0 Å². The van der Waals surface area contributed by atoms with E-state index in [2.05, 4.69) is 40.2 Å². The molecule has 1 fully saturated rings. The first-order valence-electron chi connectivity index (χ1n) is 10.7. The Hall–Kier alpha value is -3.25. The summed E-state index contributed by atoms with van der Waals surface area (Å²) < 4.78 is 7.64. The fourth-order valence-electron chi connectivity index (χ4n) is 4.38. The molecule has 3 heterocycles. The number of nitrogens with zero attached hydrogens (tertiary/aromatic N) is 4. The van der Waals surface area contributed by atoms with Crippen molar-refractivity contribution in [3.05, 3.63) is 82.4 Å². The van der Waals surface area contributed by atoms with E-state index < -0.39 is 5.72 Å². The SMILES string of the molecule is COc1cc(C=C2CCCN3C2=NOC3(C)c2ccc(Cl)cc2)ccc1-n1cnc(C)c1. The number of hydrogen-bond acceptors (Lipinski definition) is 5. The number of rotatable bonds is 4. The van der Waals surface area contributed by atoms with Crippen LogP contribution in [0.4, 0.5) is 0 Å². The van der Waals surface area contributed by atoms with Gasteiger partial charge in [-0.3, -0.25) is 0 Å². The molecule has 6 nitrogen and oxygen atoms in total. The smallest absolute Gasteiger partial charge is 0.234 e. The van der Waals surface area contributed by atoms with Crippen LogP contribution < -0.4 is 4.74 Å². The molecule has 0 aliphatic carbocycles. The molecule has 1 aromatic heterocycles. The monoisotopic (exact) mass is 448 g/mol. The fourth-order valence-corrected chi connectivity index (χ4v) is 4.51.